The largest absolute Gasteiger partial charge is 0.489 e. The van der Waals surface area contributed by atoms with Crippen molar-refractivity contribution in [1.29, 1.82) is 5.26 Å². The number of aliphatic hydroxyl groups is 1. The van der Waals surface area contributed by atoms with E-state index in [2.05, 4.69) is 10.8 Å². The molecule has 1 atom stereocenters. The van der Waals surface area contributed by atoms with Crippen LogP contribution in [-0.4, -0.2) is 61.2 Å². The summed E-state index contributed by atoms with van der Waals surface area (Å²) in [5.41, 5.74) is 1.32. The fourth-order valence-corrected chi connectivity index (χ4v) is 5.06. The van der Waals surface area contributed by atoms with Crippen LogP contribution in [0.5, 0.6) is 5.75 Å². The lowest BCUT2D eigenvalue weighted by molar-refractivity contribution is 0.0126. The van der Waals surface area contributed by atoms with Gasteiger partial charge in [0.2, 0.25) is 10.0 Å². The van der Waals surface area contributed by atoms with Gasteiger partial charge < -0.3 is 19.5 Å². The van der Waals surface area contributed by atoms with E-state index in [-0.39, 0.29) is 35.1 Å². The van der Waals surface area contributed by atoms with Crippen LogP contribution in [0.25, 0.3) is 6.08 Å². The molecule has 2 aromatic carbocycles. The van der Waals surface area contributed by atoms with E-state index in [1.54, 1.807) is 53.5 Å². The van der Waals surface area contributed by atoms with Gasteiger partial charge in [0.05, 0.1) is 34.2 Å². The first-order valence-electron chi connectivity index (χ1n) is 13.1. The van der Waals surface area contributed by atoms with Crippen molar-refractivity contribution in [2.45, 2.75) is 64.8 Å². The van der Waals surface area contributed by atoms with Crippen LogP contribution in [0.3, 0.4) is 0 Å². The number of anilines is 1. The molecule has 1 unspecified atom stereocenters. The number of hydrogen-bond donors (Lipinski definition) is 2. The highest BCUT2D eigenvalue weighted by Gasteiger charge is 2.28. The predicted molar refractivity (Wildman–Crippen MR) is 156 cm³/mol. The SMILES string of the molecule is CCS(=O)(=O)Nc1ccc(OC2CCN(C(=O)OC(C)(C)C)CC2)c(Cl)c1CC(O)/C=C/c1cccc(C#N)c1. The molecule has 40 heavy (non-hydrogen) atoms. The Balaban J connectivity index is 1.77. The molecule has 1 heterocycles. The minimum absolute atomic E-state index is 0.0170. The number of halogens is 1. The first-order valence-corrected chi connectivity index (χ1v) is 15.2. The fraction of sp³-hybridized carbons (Fsp3) is 0.448. The van der Waals surface area contributed by atoms with Crippen molar-refractivity contribution < 1.29 is 27.8 Å². The van der Waals surface area contributed by atoms with E-state index in [9.17, 15) is 18.3 Å². The Morgan fingerprint density at radius 3 is 2.60 bits per heavy atom. The Bertz CT molecular complexity index is 1370. The highest BCUT2D eigenvalue weighted by atomic mass is 35.5. The van der Waals surface area contributed by atoms with Crippen LogP contribution in [0.15, 0.2) is 42.5 Å². The van der Waals surface area contributed by atoms with Crippen molar-refractivity contribution in [3.63, 3.8) is 0 Å². The third kappa shape index (κ3) is 9.15. The number of hydrogen-bond acceptors (Lipinski definition) is 7. The van der Waals surface area contributed by atoms with E-state index in [0.29, 0.717) is 42.8 Å². The number of aliphatic hydroxyl groups excluding tert-OH is 1. The second kappa shape index (κ2) is 13.4. The Morgan fingerprint density at radius 1 is 1.27 bits per heavy atom. The molecule has 0 aromatic heterocycles. The molecule has 0 aliphatic carbocycles. The minimum atomic E-state index is -3.61. The van der Waals surface area contributed by atoms with Crippen LogP contribution in [0.1, 0.15) is 57.2 Å². The van der Waals surface area contributed by atoms with E-state index in [1.165, 1.54) is 6.92 Å². The molecule has 2 aromatic rings. The molecule has 11 heteroatoms. The van der Waals surface area contributed by atoms with Gasteiger partial charge in [0.1, 0.15) is 17.5 Å². The molecule has 216 valence electrons. The Labute approximate surface area is 241 Å². The second-order valence-corrected chi connectivity index (χ2v) is 13.0. The lowest BCUT2D eigenvalue weighted by Crippen LogP contribution is -2.44. The van der Waals surface area contributed by atoms with E-state index >= 15 is 0 Å². The van der Waals surface area contributed by atoms with Gasteiger partial charge in [0.25, 0.3) is 0 Å². The van der Waals surface area contributed by atoms with Gasteiger partial charge in [-0.3, -0.25) is 4.72 Å². The lowest BCUT2D eigenvalue weighted by Gasteiger charge is -2.33. The van der Waals surface area contributed by atoms with Gasteiger partial charge >= 0.3 is 6.09 Å². The van der Waals surface area contributed by atoms with E-state index < -0.39 is 21.7 Å². The zero-order valence-corrected chi connectivity index (χ0v) is 24.8. The molecule has 1 aliphatic rings. The number of carbonyl (C=O) groups is 1. The first kappa shape index (κ1) is 31.3. The molecule has 0 saturated carbocycles. The fourth-order valence-electron chi connectivity index (χ4n) is 4.10. The van der Waals surface area contributed by atoms with Crippen molar-refractivity contribution >= 4 is 39.5 Å². The van der Waals surface area contributed by atoms with Gasteiger partial charge in [0.15, 0.2) is 0 Å². The highest BCUT2D eigenvalue weighted by Crippen LogP contribution is 2.37. The van der Waals surface area contributed by atoms with Gasteiger partial charge in [-0.15, -0.1) is 0 Å². The van der Waals surface area contributed by atoms with E-state index in [4.69, 9.17) is 26.3 Å². The van der Waals surface area contributed by atoms with Crippen molar-refractivity contribution in [2.24, 2.45) is 0 Å². The molecule has 0 radical (unpaired) electrons. The maximum absolute atomic E-state index is 12.4. The molecule has 1 amide bonds. The summed E-state index contributed by atoms with van der Waals surface area (Å²) in [6, 6.07) is 12.2. The molecule has 1 saturated heterocycles. The Hall–Kier alpha value is -3.26. The number of benzene rings is 2. The summed E-state index contributed by atoms with van der Waals surface area (Å²) in [5.74, 6) is 0.237. The number of sulfonamides is 1. The number of ether oxygens (including phenoxy) is 2. The number of likely N-dealkylation sites (tertiary alicyclic amines) is 1. The van der Waals surface area contributed by atoms with Crippen LogP contribution in [0.4, 0.5) is 10.5 Å². The van der Waals surface area contributed by atoms with Gasteiger partial charge in [-0.1, -0.05) is 35.9 Å². The maximum Gasteiger partial charge on any atom is 0.410 e. The number of nitrogens with zero attached hydrogens (tertiary/aromatic N) is 2. The molecule has 0 spiro atoms. The van der Waals surface area contributed by atoms with Crippen LogP contribution in [0.2, 0.25) is 5.02 Å². The summed E-state index contributed by atoms with van der Waals surface area (Å²) in [7, 11) is -3.61. The average molecular weight is 590 g/mol. The molecule has 2 N–H and O–H groups in total. The smallest absolute Gasteiger partial charge is 0.410 e. The van der Waals surface area contributed by atoms with Crippen molar-refractivity contribution in [1.82, 2.24) is 4.90 Å². The summed E-state index contributed by atoms with van der Waals surface area (Å²) < 4.78 is 38.8. The summed E-state index contributed by atoms with van der Waals surface area (Å²) in [5, 5.41) is 20.1. The number of piperidine rings is 1. The van der Waals surface area contributed by atoms with Crippen LogP contribution < -0.4 is 9.46 Å². The first-order chi connectivity index (χ1) is 18.8. The highest BCUT2D eigenvalue weighted by molar-refractivity contribution is 7.92. The van der Waals surface area contributed by atoms with Gasteiger partial charge in [0, 0.05) is 37.9 Å². The maximum atomic E-state index is 12.4. The molecule has 1 aliphatic heterocycles. The van der Waals surface area contributed by atoms with Gasteiger partial charge in [-0.25, -0.2) is 13.2 Å². The number of nitriles is 1. The topological polar surface area (TPSA) is 129 Å². The number of amides is 1. The lowest BCUT2D eigenvalue weighted by atomic mass is 10.0. The monoisotopic (exact) mass is 589 g/mol. The Kier molecular flexibility index (Phi) is 10.5. The van der Waals surface area contributed by atoms with Crippen LogP contribution >= 0.6 is 11.6 Å². The third-order valence-electron chi connectivity index (χ3n) is 6.18. The molecule has 1 fully saturated rings. The summed E-state index contributed by atoms with van der Waals surface area (Å²) in [4.78, 5) is 14.0. The van der Waals surface area contributed by atoms with Crippen LogP contribution in [-0.2, 0) is 21.2 Å². The number of rotatable bonds is 9. The average Bonchev–Trinajstić information content (AvgIpc) is 2.90. The van der Waals surface area contributed by atoms with Crippen molar-refractivity contribution in [2.75, 3.05) is 23.6 Å². The van der Waals surface area contributed by atoms with E-state index in [1.807, 2.05) is 20.8 Å². The van der Waals surface area contributed by atoms with Gasteiger partial charge in [-0.2, -0.15) is 5.26 Å². The molecule has 3 rings (SSSR count). The zero-order valence-electron chi connectivity index (χ0n) is 23.2. The van der Waals surface area contributed by atoms with Crippen molar-refractivity contribution in [3.8, 4) is 11.8 Å². The number of carbonyl (C=O) groups excluding carboxylic acids is 1. The van der Waals surface area contributed by atoms with Gasteiger partial charge in [-0.05, 0) is 57.5 Å². The minimum Gasteiger partial charge on any atom is -0.489 e. The Morgan fingerprint density at radius 2 is 1.98 bits per heavy atom. The second-order valence-electron chi connectivity index (χ2n) is 10.6. The normalized spacial score (nSPS) is 15.5. The van der Waals surface area contributed by atoms with E-state index in [0.717, 1.165) is 5.56 Å². The summed E-state index contributed by atoms with van der Waals surface area (Å²) >= 11 is 6.74. The molecular weight excluding hydrogens is 554 g/mol. The molecule has 9 nitrogen and oxygen atoms in total. The standard InChI is InChI=1S/C29H36ClN3O6S/c1-5-40(36,37)32-25-11-12-26(38-23-13-15-33(16-14-23)28(35)39-29(2,3)4)27(30)24(25)18-22(34)10-9-20-7-6-8-21(17-20)19-31/h6-12,17,22-23,32,34H,5,13-16,18H2,1-4H3/b10-9+. The molecule has 0 bridgehead atoms. The summed E-state index contributed by atoms with van der Waals surface area (Å²) in [6.45, 7) is 7.93. The zero-order chi connectivity index (χ0) is 29.5. The summed E-state index contributed by atoms with van der Waals surface area (Å²) in [6.07, 6.45) is 2.84. The number of nitrogens with one attached hydrogen (secondary N) is 1. The van der Waals surface area contributed by atoms with Crippen LogP contribution in [0, 0.1) is 11.3 Å². The third-order valence-corrected chi connectivity index (χ3v) is 7.89. The predicted octanol–water partition coefficient (Wildman–Crippen LogP) is 5.37. The molecular formula is C29H36ClN3O6S. The quantitative estimate of drug-likeness (QED) is 0.402. The van der Waals surface area contributed by atoms with Crippen molar-refractivity contribution in [3.05, 3.63) is 64.2 Å².